The lowest BCUT2D eigenvalue weighted by atomic mass is 10.1. The Balaban J connectivity index is 2.27. The summed E-state index contributed by atoms with van der Waals surface area (Å²) in [7, 11) is 0. The fourth-order valence-corrected chi connectivity index (χ4v) is 2.06. The van der Waals surface area contributed by atoms with E-state index in [1.807, 2.05) is 32.0 Å². The topological polar surface area (TPSA) is 42.0 Å². The molecule has 1 aromatic heterocycles. The van der Waals surface area contributed by atoms with E-state index in [0.717, 1.165) is 16.8 Å². The van der Waals surface area contributed by atoms with E-state index >= 15 is 0 Å². The van der Waals surface area contributed by atoms with E-state index in [1.54, 1.807) is 18.3 Å². The van der Waals surface area contributed by atoms with Gasteiger partial charge in [0.05, 0.1) is 0 Å². The number of amides is 1. The summed E-state index contributed by atoms with van der Waals surface area (Å²) in [5.41, 5.74) is 3.42. The maximum absolute atomic E-state index is 12.1. The molecule has 0 saturated carbocycles. The molecule has 3 nitrogen and oxygen atoms in total. The van der Waals surface area contributed by atoms with Gasteiger partial charge in [-0.15, -0.1) is 0 Å². The van der Waals surface area contributed by atoms with Crippen LogP contribution in [0.3, 0.4) is 0 Å². The highest BCUT2D eigenvalue weighted by molar-refractivity contribution is 9.10. The number of pyridine rings is 1. The Kier molecular flexibility index (Phi) is 3.77. The Morgan fingerprint density at radius 3 is 2.72 bits per heavy atom. The van der Waals surface area contributed by atoms with Crippen molar-refractivity contribution in [2.75, 3.05) is 5.32 Å². The van der Waals surface area contributed by atoms with Gasteiger partial charge < -0.3 is 5.32 Å². The number of aromatic nitrogens is 1. The van der Waals surface area contributed by atoms with Gasteiger partial charge in [0.25, 0.3) is 5.91 Å². The number of rotatable bonds is 2. The van der Waals surface area contributed by atoms with E-state index in [2.05, 4.69) is 26.2 Å². The summed E-state index contributed by atoms with van der Waals surface area (Å²) < 4.78 is 0.688. The predicted octanol–water partition coefficient (Wildman–Crippen LogP) is 3.71. The van der Waals surface area contributed by atoms with E-state index in [4.69, 9.17) is 0 Å². The fourth-order valence-electron chi connectivity index (χ4n) is 1.62. The summed E-state index contributed by atoms with van der Waals surface area (Å²) in [4.78, 5) is 16.2. The number of anilines is 1. The lowest BCUT2D eigenvalue weighted by molar-refractivity contribution is 0.102. The van der Waals surface area contributed by atoms with Crippen LogP contribution in [-0.2, 0) is 0 Å². The third-order valence-electron chi connectivity index (χ3n) is 2.83. The average Bonchev–Trinajstić information content (AvgIpc) is 2.35. The van der Waals surface area contributed by atoms with Crippen LogP contribution in [0.25, 0.3) is 0 Å². The van der Waals surface area contributed by atoms with Crippen molar-refractivity contribution in [3.63, 3.8) is 0 Å². The highest BCUT2D eigenvalue weighted by Crippen LogP contribution is 2.20. The van der Waals surface area contributed by atoms with E-state index in [9.17, 15) is 4.79 Å². The SMILES string of the molecule is Cc1cccc(NC(=O)c2ncccc2Br)c1C. The first-order chi connectivity index (χ1) is 8.59. The summed E-state index contributed by atoms with van der Waals surface area (Å²) in [6.45, 7) is 4.00. The van der Waals surface area contributed by atoms with Crippen LogP contribution < -0.4 is 5.32 Å². The number of benzene rings is 1. The summed E-state index contributed by atoms with van der Waals surface area (Å²) in [6.07, 6.45) is 1.60. The second-order valence-electron chi connectivity index (χ2n) is 4.04. The van der Waals surface area contributed by atoms with Crippen LogP contribution >= 0.6 is 15.9 Å². The van der Waals surface area contributed by atoms with Crippen LogP contribution in [0.1, 0.15) is 21.6 Å². The van der Waals surface area contributed by atoms with E-state index in [1.165, 1.54) is 0 Å². The van der Waals surface area contributed by atoms with Gasteiger partial charge in [-0.1, -0.05) is 12.1 Å². The quantitative estimate of drug-likeness (QED) is 0.919. The number of nitrogens with one attached hydrogen (secondary N) is 1. The molecule has 0 spiro atoms. The average molecular weight is 305 g/mol. The Hall–Kier alpha value is -1.68. The molecule has 4 heteroatoms. The number of carbonyl (C=O) groups excluding carboxylic acids is 1. The molecule has 0 aliphatic heterocycles. The molecule has 0 aliphatic carbocycles. The molecule has 2 rings (SSSR count). The Morgan fingerprint density at radius 2 is 2.00 bits per heavy atom. The number of halogens is 1. The number of nitrogens with zero attached hydrogens (tertiary/aromatic N) is 1. The normalized spacial score (nSPS) is 10.2. The minimum Gasteiger partial charge on any atom is -0.320 e. The van der Waals surface area contributed by atoms with E-state index < -0.39 is 0 Å². The molecule has 0 unspecified atom stereocenters. The lowest BCUT2D eigenvalue weighted by Gasteiger charge is -2.10. The first-order valence-corrected chi connectivity index (χ1v) is 6.37. The molecule has 0 fully saturated rings. The largest absolute Gasteiger partial charge is 0.320 e. The van der Waals surface area contributed by atoms with Crippen LogP contribution in [0.2, 0.25) is 0 Å². The van der Waals surface area contributed by atoms with Crippen molar-refractivity contribution in [3.05, 3.63) is 57.8 Å². The molecule has 0 saturated heterocycles. The van der Waals surface area contributed by atoms with Gasteiger partial charge in [0.15, 0.2) is 0 Å². The van der Waals surface area contributed by atoms with Crippen LogP contribution in [0, 0.1) is 13.8 Å². The molecule has 18 heavy (non-hydrogen) atoms. The number of hydrogen-bond acceptors (Lipinski definition) is 2. The molecule has 1 aromatic carbocycles. The molecule has 0 radical (unpaired) electrons. The van der Waals surface area contributed by atoms with Gasteiger partial charge in [0.2, 0.25) is 0 Å². The highest BCUT2D eigenvalue weighted by atomic mass is 79.9. The number of aryl methyl sites for hydroxylation is 1. The van der Waals surface area contributed by atoms with E-state index in [0.29, 0.717) is 10.2 Å². The maximum atomic E-state index is 12.1. The van der Waals surface area contributed by atoms with Crippen LogP contribution in [0.4, 0.5) is 5.69 Å². The molecule has 1 heterocycles. The monoisotopic (exact) mass is 304 g/mol. The Bertz CT molecular complexity index is 596. The van der Waals surface area contributed by atoms with Gasteiger partial charge in [-0.25, -0.2) is 4.98 Å². The van der Waals surface area contributed by atoms with Crippen molar-refractivity contribution in [2.24, 2.45) is 0 Å². The Labute approximate surface area is 114 Å². The zero-order valence-electron chi connectivity index (χ0n) is 10.2. The maximum Gasteiger partial charge on any atom is 0.275 e. The van der Waals surface area contributed by atoms with Crippen molar-refractivity contribution in [1.29, 1.82) is 0 Å². The molecule has 2 aromatic rings. The number of hydrogen-bond donors (Lipinski definition) is 1. The summed E-state index contributed by atoms with van der Waals surface area (Å²) in [6, 6.07) is 9.40. The van der Waals surface area contributed by atoms with Crippen molar-refractivity contribution < 1.29 is 4.79 Å². The van der Waals surface area contributed by atoms with Crippen molar-refractivity contribution >= 4 is 27.5 Å². The first kappa shape index (κ1) is 12.8. The Morgan fingerprint density at radius 1 is 1.22 bits per heavy atom. The summed E-state index contributed by atoms with van der Waals surface area (Å²) in [5.74, 6) is -0.212. The highest BCUT2D eigenvalue weighted by Gasteiger charge is 2.12. The molecular formula is C14H13BrN2O. The molecule has 0 aliphatic rings. The molecule has 1 N–H and O–H groups in total. The zero-order valence-corrected chi connectivity index (χ0v) is 11.8. The smallest absolute Gasteiger partial charge is 0.275 e. The third-order valence-corrected chi connectivity index (χ3v) is 3.47. The van der Waals surface area contributed by atoms with Gasteiger partial charge in [0.1, 0.15) is 5.69 Å². The predicted molar refractivity (Wildman–Crippen MR) is 75.8 cm³/mol. The minimum atomic E-state index is -0.212. The van der Waals surface area contributed by atoms with Gasteiger partial charge in [-0.3, -0.25) is 4.79 Å². The zero-order chi connectivity index (χ0) is 13.1. The number of carbonyl (C=O) groups is 1. The third kappa shape index (κ3) is 2.59. The first-order valence-electron chi connectivity index (χ1n) is 5.57. The minimum absolute atomic E-state index is 0.212. The second kappa shape index (κ2) is 5.31. The van der Waals surface area contributed by atoms with Crippen molar-refractivity contribution in [2.45, 2.75) is 13.8 Å². The molecular weight excluding hydrogens is 292 g/mol. The van der Waals surface area contributed by atoms with Crippen LogP contribution in [0.5, 0.6) is 0 Å². The summed E-state index contributed by atoms with van der Waals surface area (Å²) in [5, 5.41) is 2.88. The standard InChI is InChI=1S/C14H13BrN2O/c1-9-5-3-7-12(10(9)2)17-14(18)13-11(15)6-4-8-16-13/h3-8H,1-2H3,(H,17,18). The molecule has 92 valence electrons. The van der Waals surface area contributed by atoms with Crippen molar-refractivity contribution in [3.8, 4) is 0 Å². The van der Waals surface area contributed by atoms with Crippen molar-refractivity contribution in [1.82, 2.24) is 4.98 Å². The molecule has 0 atom stereocenters. The fraction of sp³-hybridized carbons (Fsp3) is 0.143. The van der Waals surface area contributed by atoms with Crippen LogP contribution in [-0.4, -0.2) is 10.9 Å². The van der Waals surface area contributed by atoms with Gasteiger partial charge in [0, 0.05) is 16.4 Å². The second-order valence-corrected chi connectivity index (χ2v) is 4.89. The van der Waals surface area contributed by atoms with Crippen LogP contribution in [0.15, 0.2) is 41.0 Å². The lowest BCUT2D eigenvalue weighted by Crippen LogP contribution is -2.15. The van der Waals surface area contributed by atoms with Gasteiger partial charge >= 0.3 is 0 Å². The van der Waals surface area contributed by atoms with Gasteiger partial charge in [-0.05, 0) is 59.1 Å². The van der Waals surface area contributed by atoms with Gasteiger partial charge in [-0.2, -0.15) is 0 Å². The molecule has 1 amide bonds. The summed E-state index contributed by atoms with van der Waals surface area (Å²) >= 11 is 3.32. The molecule has 0 bridgehead atoms. The van der Waals surface area contributed by atoms with E-state index in [-0.39, 0.29) is 5.91 Å².